The van der Waals surface area contributed by atoms with Crippen LogP contribution >= 0.6 is 0 Å². The second-order valence-electron chi connectivity index (χ2n) is 3.27. The summed E-state index contributed by atoms with van der Waals surface area (Å²) in [5.74, 6) is -0.0734. The van der Waals surface area contributed by atoms with Crippen molar-refractivity contribution in [2.75, 3.05) is 13.6 Å². The number of carbonyl (C=O) groups is 1. The Morgan fingerprint density at radius 2 is 2.40 bits per heavy atom. The van der Waals surface area contributed by atoms with Crippen molar-refractivity contribution in [1.29, 1.82) is 5.26 Å². The SMILES string of the molecule is CCCN(C)C(=O)c1ccnc(C#N)c1. The van der Waals surface area contributed by atoms with E-state index in [1.54, 1.807) is 18.0 Å². The van der Waals surface area contributed by atoms with E-state index >= 15 is 0 Å². The molecule has 4 heteroatoms. The average molecular weight is 203 g/mol. The molecule has 78 valence electrons. The topological polar surface area (TPSA) is 57.0 Å². The molecular formula is C11H13N3O. The zero-order valence-electron chi connectivity index (χ0n) is 8.90. The zero-order chi connectivity index (χ0) is 11.3. The van der Waals surface area contributed by atoms with Crippen LogP contribution in [0.25, 0.3) is 0 Å². The number of amides is 1. The lowest BCUT2D eigenvalue weighted by Gasteiger charge is -2.15. The summed E-state index contributed by atoms with van der Waals surface area (Å²) in [7, 11) is 1.75. The first kappa shape index (κ1) is 11.2. The summed E-state index contributed by atoms with van der Waals surface area (Å²) < 4.78 is 0. The largest absolute Gasteiger partial charge is 0.342 e. The zero-order valence-corrected chi connectivity index (χ0v) is 8.90. The Bertz CT molecular complexity index is 395. The van der Waals surface area contributed by atoms with E-state index < -0.39 is 0 Å². The smallest absolute Gasteiger partial charge is 0.253 e. The predicted molar refractivity (Wildman–Crippen MR) is 56.2 cm³/mol. The number of hydrogen-bond acceptors (Lipinski definition) is 3. The van der Waals surface area contributed by atoms with Crippen molar-refractivity contribution >= 4 is 5.91 Å². The van der Waals surface area contributed by atoms with E-state index in [0.29, 0.717) is 12.1 Å². The van der Waals surface area contributed by atoms with Crippen molar-refractivity contribution in [2.24, 2.45) is 0 Å². The highest BCUT2D eigenvalue weighted by atomic mass is 16.2. The van der Waals surface area contributed by atoms with Crippen molar-refractivity contribution in [3.05, 3.63) is 29.6 Å². The molecule has 1 heterocycles. The van der Waals surface area contributed by atoms with Gasteiger partial charge in [-0.15, -0.1) is 0 Å². The van der Waals surface area contributed by atoms with Gasteiger partial charge < -0.3 is 4.90 Å². The molecule has 0 aliphatic rings. The van der Waals surface area contributed by atoms with Crippen LogP contribution in [-0.2, 0) is 0 Å². The van der Waals surface area contributed by atoms with Gasteiger partial charge in [-0.1, -0.05) is 6.92 Å². The van der Waals surface area contributed by atoms with E-state index in [4.69, 9.17) is 5.26 Å². The highest BCUT2D eigenvalue weighted by Gasteiger charge is 2.11. The number of carbonyl (C=O) groups excluding carboxylic acids is 1. The molecule has 0 bridgehead atoms. The lowest BCUT2D eigenvalue weighted by atomic mass is 10.2. The van der Waals surface area contributed by atoms with Gasteiger partial charge in [0.05, 0.1) is 0 Å². The summed E-state index contributed by atoms with van der Waals surface area (Å²) in [6.45, 7) is 2.72. The minimum atomic E-state index is -0.0734. The van der Waals surface area contributed by atoms with Gasteiger partial charge in [0.15, 0.2) is 0 Å². The van der Waals surface area contributed by atoms with Gasteiger partial charge in [0.1, 0.15) is 11.8 Å². The third-order valence-electron chi connectivity index (χ3n) is 2.03. The summed E-state index contributed by atoms with van der Waals surface area (Å²) in [5.41, 5.74) is 0.781. The molecule has 0 atom stereocenters. The highest BCUT2D eigenvalue weighted by Crippen LogP contribution is 2.04. The molecule has 15 heavy (non-hydrogen) atoms. The molecule has 0 aromatic carbocycles. The monoisotopic (exact) mass is 203 g/mol. The molecule has 1 rings (SSSR count). The van der Waals surface area contributed by atoms with Crippen LogP contribution in [0.1, 0.15) is 29.4 Å². The van der Waals surface area contributed by atoms with Crippen molar-refractivity contribution < 1.29 is 4.79 Å². The number of nitrogens with zero attached hydrogens (tertiary/aromatic N) is 3. The fourth-order valence-electron chi connectivity index (χ4n) is 1.28. The van der Waals surface area contributed by atoms with Crippen LogP contribution in [0.15, 0.2) is 18.3 Å². The van der Waals surface area contributed by atoms with Crippen LogP contribution in [0.4, 0.5) is 0 Å². The van der Waals surface area contributed by atoms with Gasteiger partial charge in [-0.3, -0.25) is 4.79 Å². The molecule has 0 saturated heterocycles. The number of aromatic nitrogens is 1. The first-order valence-corrected chi connectivity index (χ1v) is 4.80. The molecule has 0 aliphatic heterocycles. The molecule has 0 radical (unpaired) electrons. The van der Waals surface area contributed by atoms with Crippen molar-refractivity contribution in [1.82, 2.24) is 9.88 Å². The molecule has 1 aromatic rings. The van der Waals surface area contributed by atoms with Crippen molar-refractivity contribution in [2.45, 2.75) is 13.3 Å². The third-order valence-corrected chi connectivity index (χ3v) is 2.03. The molecule has 0 fully saturated rings. The van der Waals surface area contributed by atoms with Crippen LogP contribution in [0.2, 0.25) is 0 Å². The van der Waals surface area contributed by atoms with Crippen LogP contribution in [-0.4, -0.2) is 29.4 Å². The van der Waals surface area contributed by atoms with Gasteiger partial charge in [0.25, 0.3) is 5.91 Å². The molecule has 4 nitrogen and oxygen atoms in total. The molecule has 0 unspecified atom stereocenters. The lowest BCUT2D eigenvalue weighted by Crippen LogP contribution is -2.27. The minimum Gasteiger partial charge on any atom is -0.342 e. The highest BCUT2D eigenvalue weighted by molar-refractivity contribution is 5.94. The first-order chi connectivity index (χ1) is 7.19. The first-order valence-electron chi connectivity index (χ1n) is 4.80. The summed E-state index contributed by atoms with van der Waals surface area (Å²) in [6, 6.07) is 5.04. The lowest BCUT2D eigenvalue weighted by molar-refractivity contribution is 0.0795. The van der Waals surface area contributed by atoms with Crippen LogP contribution in [0.5, 0.6) is 0 Å². The van der Waals surface area contributed by atoms with E-state index in [-0.39, 0.29) is 11.6 Å². The average Bonchev–Trinajstić information content (AvgIpc) is 2.28. The Morgan fingerprint density at radius 1 is 1.67 bits per heavy atom. The van der Waals surface area contributed by atoms with Gasteiger partial charge in [0.2, 0.25) is 0 Å². The normalized spacial score (nSPS) is 9.40. The molecule has 0 N–H and O–H groups in total. The molecular weight excluding hydrogens is 190 g/mol. The molecule has 0 spiro atoms. The fourth-order valence-corrected chi connectivity index (χ4v) is 1.28. The Morgan fingerprint density at radius 3 is 3.00 bits per heavy atom. The van der Waals surface area contributed by atoms with Gasteiger partial charge in [0, 0.05) is 25.4 Å². The number of nitriles is 1. The third kappa shape index (κ3) is 2.78. The standard InChI is InChI=1S/C11H13N3O/c1-3-6-14(2)11(15)9-4-5-13-10(7-9)8-12/h4-5,7H,3,6H2,1-2H3. The van der Waals surface area contributed by atoms with Crippen molar-refractivity contribution in [3.63, 3.8) is 0 Å². The maximum absolute atomic E-state index is 11.8. The number of pyridine rings is 1. The molecule has 1 aromatic heterocycles. The summed E-state index contributed by atoms with van der Waals surface area (Å²) in [6.07, 6.45) is 2.39. The number of rotatable bonds is 3. The van der Waals surface area contributed by atoms with Gasteiger partial charge >= 0.3 is 0 Å². The second-order valence-corrected chi connectivity index (χ2v) is 3.27. The number of hydrogen-bond donors (Lipinski definition) is 0. The molecule has 0 saturated carbocycles. The Balaban J connectivity index is 2.87. The summed E-state index contributed by atoms with van der Waals surface area (Å²) in [4.78, 5) is 17.2. The van der Waals surface area contributed by atoms with Crippen LogP contribution in [0.3, 0.4) is 0 Å². The Kier molecular flexibility index (Phi) is 3.81. The Hall–Kier alpha value is -1.89. The van der Waals surface area contributed by atoms with Crippen molar-refractivity contribution in [3.8, 4) is 6.07 Å². The van der Waals surface area contributed by atoms with E-state index in [2.05, 4.69) is 4.98 Å². The maximum atomic E-state index is 11.8. The van der Waals surface area contributed by atoms with Gasteiger partial charge in [-0.25, -0.2) is 4.98 Å². The molecule has 0 aliphatic carbocycles. The van der Waals surface area contributed by atoms with Gasteiger partial charge in [-0.2, -0.15) is 5.26 Å². The predicted octanol–water partition coefficient (Wildman–Crippen LogP) is 1.44. The maximum Gasteiger partial charge on any atom is 0.253 e. The van der Waals surface area contributed by atoms with E-state index in [0.717, 1.165) is 6.42 Å². The quantitative estimate of drug-likeness (QED) is 0.746. The Labute approximate surface area is 89.2 Å². The molecule has 1 amide bonds. The van der Waals surface area contributed by atoms with E-state index in [1.165, 1.54) is 12.3 Å². The van der Waals surface area contributed by atoms with Crippen LogP contribution in [0, 0.1) is 11.3 Å². The minimum absolute atomic E-state index is 0.0734. The summed E-state index contributed by atoms with van der Waals surface area (Å²) >= 11 is 0. The van der Waals surface area contributed by atoms with Crippen LogP contribution < -0.4 is 0 Å². The summed E-state index contributed by atoms with van der Waals surface area (Å²) in [5, 5.41) is 8.65. The van der Waals surface area contributed by atoms with E-state index in [9.17, 15) is 4.79 Å². The fraction of sp³-hybridized carbons (Fsp3) is 0.364. The second kappa shape index (κ2) is 5.11. The van der Waals surface area contributed by atoms with Gasteiger partial charge in [-0.05, 0) is 18.6 Å². The van der Waals surface area contributed by atoms with E-state index in [1.807, 2.05) is 13.0 Å².